The van der Waals surface area contributed by atoms with Gasteiger partial charge < -0.3 is 5.32 Å². The van der Waals surface area contributed by atoms with Gasteiger partial charge >= 0.3 is 0 Å². The van der Waals surface area contributed by atoms with E-state index in [4.69, 9.17) is 0 Å². The van der Waals surface area contributed by atoms with E-state index in [9.17, 15) is 0 Å². The fraction of sp³-hybridized carbons (Fsp3) is 0.625. The Balaban J connectivity index is 0.00000180. The number of nitrogens with zero attached hydrogens (tertiary/aromatic N) is 1. The Morgan fingerprint density at radius 2 is 2.00 bits per heavy atom. The second kappa shape index (κ2) is 8.57. The van der Waals surface area contributed by atoms with Crippen molar-refractivity contribution in [3.05, 3.63) is 35.4 Å². The Bertz CT molecular complexity index is 360. The molecule has 1 fully saturated rings. The van der Waals surface area contributed by atoms with Crippen molar-refractivity contribution in [2.24, 2.45) is 0 Å². The number of benzene rings is 1. The zero-order valence-electron chi connectivity index (χ0n) is 12.2. The van der Waals surface area contributed by atoms with Crippen molar-refractivity contribution < 1.29 is 0 Å². The lowest BCUT2D eigenvalue weighted by Crippen LogP contribution is -2.35. The summed E-state index contributed by atoms with van der Waals surface area (Å²) in [5, 5.41) is 3.50. The van der Waals surface area contributed by atoms with Crippen molar-refractivity contribution >= 4 is 12.4 Å². The molecule has 1 saturated heterocycles. The normalized spacial score (nSPS) is 19.8. The predicted molar refractivity (Wildman–Crippen MR) is 85.0 cm³/mol. The van der Waals surface area contributed by atoms with Crippen LogP contribution in [0.15, 0.2) is 24.3 Å². The molecule has 1 N–H and O–H groups in total. The highest BCUT2D eigenvalue weighted by Gasteiger charge is 2.19. The molecule has 0 aliphatic carbocycles. The summed E-state index contributed by atoms with van der Waals surface area (Å²) in [4.78, 5) is 2.65. The van der Waals surface area contributed by atoms with Gasteiger partial charge in [-0.1, -0.05) is 31.2 Å². The third-order valence-corrected chi connectivity index (χ3v) is 4.10. The minimum Gasteiger partial charge on any atom is -0.317 e. The average molecular weight is 283 g/mol. The van der Waals surface area contributed by atoms with Gasteiger partial charge in [-0.25, -0.2) is 0 Å². The minimum absolute atomic E-state index is 0. The van der Waals surface area contributed by atoms with Gasteiger partial charge in [0.05, 0.1) is 0 Å². The van der Waals surface area contributed by atoms with E-state index in [-0.39, 0.29) is 12.4 Å². The molecule has 19 heavy (non-hydrogen) atoms. The van der Waals surface area contributed by atoms with Crippen LogP contribution in [0.25, 0.3) is 0 Å². The first kappa shape index (κ1) is 16.5. The number of hydrogen-bond donors (Lipinski definition) is 1. The molecule has 2 nitrogen and oxygen atoms in total. The minimum atomic E-state index is 0. The maximum absolute atomic E-state index is 3.50. The van der Waals surface area contributed by atoms with Crippen LogP contribution in [0.5, 0.6) is 0 Å². The fourth-order valence-electron chi connectivity index (χ4n) is 2.87. The smallest absolute Gasteiger partial charge is 0.0239 e. The molecule has 1 heterocycles. The van der Waals surface area contributed by atoms with Crippen LogP contribution in [0, 0.1) is 6.92 Å². The van der Waals surface area contributed by atoms with Gasteiger partial charge in [-0.15, -0.1) is 12.4 Å². The highest BCUT2D eigenvalue weighted by molar-refractivity contribution is 5.85. The Labute approximate surface area is 124 Å². The summed E-state index contributed by atoms with van der Waals surface area (Å²) in [6, 6.07) is 9.53. The molecule has 2 rings (SSSR count). The zero-order valence-corrected chi connectivity index (χ0v) is 13.0. The third kappa shape index (κ3) is 4.79. The maximum atomic E-state index is 3.50. The van der Waals surface area contributed by atoms with Crippen LogP contribution < -0.4 is 5.32 Å². The molecule has 0 bridgehead atoms. The summed E-state index contributed by atoms with van der Waals surface area (Å²) in [5.41, 5.74) is 2.90. The van der Waals surface area contributed by atoms with Crippen LogP contribution >= 0.6 is 12.4 Å². The summed E-state index contributed by atoms with van der Waals surface area (Å²) in [6.07, 6.45) is 3.95. The van der Waals surface area contributed by atoms with Gasteiger partial charge in [-0.3, -0.25) is 4.90 Å². The summed E-state index contributed by atoms with van der Waals surface area (Å²) < 4.78 is 0. The molecule has 0 radical (unpaired) electrons. The number of nitrogens with one attached hydrogen (secondary N) is 1. The molecular weight excluding hydrogens is 256 g/mol. The quantitative estimate of drug-likeness (QED) is 0.911. The molecule has 1 aromatic carbocycles. The van der Waals surface area contributed by atoms with Crippen molar-refractivity contribution in [2.45, 2.75) is 45.7 Å². The highest BCUT2D eigenvalue weighted by Crippen LogP contribution is 2.18. The van der Waals surface area contributed by atoms with Crippen molar-refractivity contribution in [2.75, 3.05) is 19.6 Å². The van der Waals surface area contributed by atoms with E-state index in [1.54, 1.807) is 0 Å². The molecule has 1 unspecified atom stereocenters. The lowest BCUT2D eigenvalue weighted by atomic mass is 10.0. The average Bonchev–Trinajstić information content (AvgIpc) is 2.67. The second-order valence-electron chi connectivity index (χ2n) is 5.32. The number of hydrogen-bond acceptors (Lipinski definition) is 2. The van der Waals surface area contributed by atoms with Crippen molar-refractivity contribution in [1.82, 2.24) is 10.2 Å². The van der Waals surface area contributed by atoms with Crippen molar-refractivity contribution in [1.29, 1.82) is 0 Å². The van der Waals surface area contributed by atoms with Crippen LogP contribution in [-0.4, -0.2) is 30.6 Å². The standard InChI is InChI=1S/C16H26N2.ClH/c1-3-18(16-9-6-11-17-12-10-16)13-15-8-5-4-7-14(15)2;/h4-5,7-8,16-17H,3,6,9-13H2,1-2H3;1H. The van der Waals surface area contributed by atoms with Crippen LogP contribution in [0.2, 0.25) is 0 Å². The monoisotopic (exact) mass is 282 g/mol. The highest BCUT2D eigenvalue weighted by atomic mass is 35.5. The summed E-state index contributed by atoms with van der Waals surface area (Å²) >= 11 is 0. The van der Waals surface area contributed by atoms with Gasteiger partial charge in [-0.05, 0) is 56.9 Å². The first-order valence-electron chi connectivity index (χ1n) is 7.30. The van der Waals surface area contributed by atoms with E-state index >= 15 is 0 Å². The van der Waals surface area contributed by atoms with Gasteiger partial charge in [-0.2, -0.15) is 0 Å². The largest absolute Gasteiger partial charge is 0.317 e. The summed E-state index contributed by atoms with van der Waals surface area (Å²) in [7, 11) is 0. The third-order valence-electron chi connectivity index (χ3n) is 4.10. The Morgan fingerprint density at radius 1 is 1.21 bits per heavy atom. The van der Waals surface area contributed by atoms with Crippen LogP contribution in [0.3, 0.4) is 0 Å². The number of aryl methyl sites for hydroxylation is 1. The predicted octanol–water partition coefficient (Wildman–Crippen LogP) is 3.38. The molecule has 1 aromatic rings. The molecule has 1 aliphatic heterocycles. The van der Waals surface area contributed by atoms with Crippen molar-refractivity contribution in [3.63, 3.8) is 0 Å². The second-order valence-corrected chi connectivity index (χ2v) is 5.32. The molecular formula is C16H27ClN2. The lowest BCUT2D eigenvalue weighted by molar-refractivity contribution is 0.182. The van der Waals surface area contributed by atoms with E-state index in [1.807, 2.05) is 0 Å². The first-order valence-corrected chi connectivity index (χ1v) is 7.30. The maximum Gasteiger partial charge on any atom is 0.0239 e. The molecule has 0 spiro atoms. The Kier molecular flexibility index (Phi) is 7.44. The molecule has 1 aliphatic rings. The molecule has 0 saturated carbocycles. The first-order chi connectivity index (χ1) is 8.81. The van der Waals surface area contributed by atoms with Crippen LogP contribution in [0.1, 0.15) is 37.3 Å². The van der Waals surface area contributed by atoms with Gasteiger partial charge in [0.2, 0.25) is 0 Å². The molecule has 108 valence electrons. The molecule has 1 atom stereocenters. The van der Waals surface area contributed by atoms with Crippen molar-refractivity contribution in [3.8, 4) is 0 Å². The molecule has 0 amide bonds. The molecule has 0 aromatic heterocycles. The Hall–Kier alpha value is -0.570. The van der Waals surface area contributed by atoms with Gasteiger partial charge in [0.25, 0.3) is 0 Å². The zero-order chi connectivity index (χ0) is 12.8. The summed E-state index contributed by atoms with van der Waals surface area (Å²) in [5.74, 6) is 0. The summed E-state index contributed by atoms with van der Waals surface area (Å²) in [6.45, 7) is 9.13. The van der Waals surface area contributed by atoms with E-state index < -0.39 is 0 Å². The van der Waals surface area contributed by atoms with E-state index in [0.717, 1.165) is 19.1 Å². The van der Waals surface area contributed by atoms with E-state index in [2.05, 4.69) is 48.3 Å². The van der Waals surface area contributed by atoms with Crippen LogP contribution in [0.4, 0.5) is 0 Å². The lowest BCUT2D eigenvalue weighted by Gasteiger charge is -2.30. The number of halogens is 1. The van der Waals surface area contributed by atoms with E-state index in [1.165, 1.54) is 43.5 Å². The SMILES string of the molecule is CCN(Cc1ccccc1C)C1CCCNCC1.Cl. The Morgan fingerprint density at radius 3 is 2.74 bits per heavy atom. The van der Waals surface area contributed by atoms with Gasteiger partial charge in [0.15, 0.2) is 0 Å². The van der Waals surface area contributed by atoms with Gasteiger partial charge in [0, 0.05) is 12.6 Å². The fourth-order valence-corrected chi connectivity index (χ4v) is 2.87. The topological polar surface area (TPSA) is 15.3 Å². The molecule has 3 heteroatoms. The van der Waals surface area contributed by atoms with Crippen LogP contribution in [-0.2, 0) is 6.54 Å². The van der Waals surface area contributed by atoms with Gasteiger partial charge in [0.1, 0.15) is 0 Å². The number of rotatable bonds is 4. The van der Waals surface area contributed by atoms with E-state index in [0.29, 0.717) is 0 Å².